The Hall–Kier alpha value is -1.86. The first-order valence-electron chi connectivity index (χ1n) is 8.49. The SMILES string of the molecule is CNCCCNC(=O)c1ccc(N2CCC(C)CC2)c([N+](=O)[O-])c1.Cl. The summed E-state index contributed by atoms with van der Waals surface area (Å²) in [4.78, 5) is 25.2. The lowest BCUT2D eigenvalue weighted by atomic mass is 9.98. The van der Waals surface area contributed by atoms with E-state index in [2.05, 4.69) is 17.6 Å². The fourth-order valence-electron chi connectivity index (χ4n) is 2.90. The number of anilines is 1. The zero-order valence-corrected chi connectivity index (χ0v) is 15.6. The van der Waals surface area contributed by atoms with E-state index in [0.717, 1.165) is 38.9 Å². The number of carbonyl (C=O) groups is 1. The quantitative estimate of drug-likeness (QED) is 0.437. The fraction of sp³-hybridized carbons (Fsp3) is 0.588. The molecular weight excluding hydrogens is 344 g/mol. The van der Waals surface area contributed by atoms with Crippen LogP contribution in [0.4, 0.5) is 11.4 Å². The Morgan fingerprint density at radius 3 is 2.60 bits per heavy atom. The molecule has 0 unspecified atom stereocenters. The van der Waals surface area contributed by atoms with Gasteiger partial charge < -0.3 is 15.5 Å². The minimum absolute atomic E-state index is 0. The van der Waals surface area contributed by atoms with Gasteiger partial charge in [-0.15, -0.1) is 12.4 Å². The Kier molecular flexibility index (Phi) is 8.65. The van der Waals surface area contributed by atoms with Crippen molar-refractivity contribution in [1.29, 1.82) is 0 Å². The molecule has 2 rings (SSSR count). The van der Waals surface area contributed by atoms with Crippen LogP contribution in [0.2, 0.25) is 0 Å². The summed E-state index contributed by atoms with van der Waals surface area (Å²) < 4.78 is 0. The minimum Gasteiger partial charge on any atom is -0.366 e. The molecular formula is C17H27ClN4O3. The molecule has 1 aliphatic heterocycles. The zero-order chi connectivity index (χ0) is 17.5. The predicted molar refractivity (Wildman–Crippen MR) is 102 cm³/mol. The average molecular weight is 371 g/mol. The molecule has 0 saturated carbocycles. The van der Waals surface area contributed by atoms with Crippen molar-refractivity contribution in [3.05, 3.63) is 33.9 Å². The molecule has 0 aromatic heterocycles. The first-order chi connectivity index (χ1) is 11.5. The second kappa shape index (κ2) is 10.2. The lowest BCUT2D eigenvalue weighted by Crippen LogP contribution is -2.33. The summed E-state index contributed by atoms with van der Waals surface area (Å²) >= 11 is 0. The Labute approximate surface area is 154 Å². The van der Waals surface area contributed by atoms with Crippen LogP contribution < -0.4 is 15.5 Å². The second-order valence-electron chi connectivity index (χ2n) is 6.34. The van der Waals surface area contributed by atoms with Crippen molar-refractivity contribution < 1.29 is 9.72 Å². The number of amides is 1. The summed E-state index contributed by atoms with van der Waals surface area (Å²) in [6.45, 7) is 5.19. The van der Waals surface area contributed by atoms with Crippen molar-refractivity contribution in [3.8, 4) is 0 Å². The number of nitrogens with one attached hydrogen (secondary N) is 2. The summed E-state index contributed by atoms with van der Waals surface area (Å²) in [6.07, 6.45) is 2.88. The highest BCUT2D eigenvalue weighted by Gasteiger charge is 2.24. The summed E-state index contributed by atoms with van der Waals surface area (Å²) in [5.41, 5.74) is 0.950. The van der Waals surface area contributed by atoms with E-state index in [9.17, 15) is 14.9 Å². The molecule has 0 bridgehead atoms. The van der Waals surface area contributed by atoms with Crippen LogP contribution in [0.15, 0.2) is 18.2 Å². The van der Waals surface area contributed by atoms with Crippen molar-refractivity contribution in [2.75, 3.05) is 38.1 Å². The Morgan fingerprint density at radius 1 is 1.32 bits per heavy atom. The topological polar surface area (TPSA) is 87.5 Å². The van der Waals surface area contributed by atoms with Crippen molar-refractivity contribution in [3.63, 3.8) is 0 Å². The maximum Gasteiger partial charge on any atom is 0.293 e. The number of hydrogen-bond acceptors (Lipinski definition) is 5. The summed E-state index contributed by atoms with van der Waals surface area (Å²) in [7, 11) is 1.85. The third kappa shape index (κ3) is 5.86. The number of benzene rings is 1. The average Bonchev–Trinajstić information content (AvgIpc) is 2.58. The van der Waals surface area contributed by atoms with Gasteiger partial charge >= 0.3 is 0 Å². The monoisotopic (exact) mass is 370 g/mol. The van der Waals surface area contributed by atoms with Crippen LogP contribution in [0, 0.1) is 16.0 Å². The van der Waals surface area contributed by atoms with Crippen LogP contribution in [0.1, 0.15) is 36.5 Å². The standard InChI is InChI=1S/C17H26N4O3.ClH/c1-13-6-10-20(11-7-13)15-5-4-14(12-16(15)21(23)24)17(22)19-9-3-8-18-2;/h4-5,12-13,18H,3,6-11H2,1-2H3,(H,19,22);1H. The van der Waals surface area contributed by atoms with Crippen molar-refractivity contribution >= 4 is 29.7 Å². The molecule has 1 fully saturated rings. The third-order valence-electron chi connectivity index (χ3n) is 4.45. The van der Waals surface area contributed by atoms with Crippen LogP contribution in [0.25, 0.3) is 0 Å². The lowest BCUT2D eigenvalue weighted by molar-refractivity contribution is -0.384. The van der Waals surface area contributed by atoms with Gasteiger partial charge in [0.1, 0.15) is 5.69 Å². The first kappa shape index (κ1) is 21.2. The van der Waals surface area contributed by atoms with Gasteiger partial charge in [-0.1, -0.05) is 6.92 Å². The number of rotatable bonds is 7. The molecule has 25 heavy (non-hydrogen) atoms. The second-order valence-corrected chi connectivity index (χ2v) is 6.34. The predicted octanol–water partition coefficient (Wildman–Crippen LogP) is 2.59. The minimum atomic E-state index is -0.398. The van der Waals surface area contributed by atoms with Gasteiger partial charge in [0.15, 0.2) is 0 Å². The molecule has 1 aromatic rings. The molecule has 1 saturated heterocycles. The third-order valence-corrected chi connectivity index (χ3v) is 4.45. The maximum absolute atomic E-state index is 12.1. The Bertz CT molecular complexity index is 589. The van der Waals surface area contributed by atoms with E-state index in [4.69, 9.17) is 0 Å². The molecule has 2 N–H and O–H groups in total. The van der Waals surface area contributed by atoms with Crippen LogP contribution in [0.3, 0.4) is 0 Å². The highest BCUT2D eigenvalue weighted by molar-refractivity contribution is 5.95. The van der Waals surface area contributed by atoms with E-state index in [1.165, 1.54) is 6.07 Å². The van der Waals surface area contributed by atoms with E-state index in [0.29, 0.717) is 23.7 Å². The fourth-order valence-corrected chi connectivity index (χ4v) is 2.90. The number of piperidine rings is 1. The van der Waals surface area contributed by atoms with Crippen LogP contribution in [-0.2, 0) is 0 Å². The molecule has 1 heterocycles. The van der Waals surface area contributed by atoms with Gasteiger partial charge in [0.25, 0.3) is 11.6 Å². The van der Waals surface area contributed by atoms with E-state index in [1.807, 2.05) is 11.9 Å². The van der Waals surface area contributed by atoms with Crippen molar-refractivity contribution in [2.24, 2.45) is 5.92 Å². The number of hydrogen-bond donors (Lipinski definition) is 2. The van der Waals surface area contributed by atoms with Gasteiger partial charge in [-0.25, -0.2) is 0 Å². The molecule has 1 aromatic carbocycles. The summed E-state index contributed by atoms with van der Waals surface area (Å²) in [5.74, 6) is 0.385. The molecule has 7 nitrogen and oxygen atoms in total. The smallest absolute Gasteiger partial charge is 0.293 e. The molecule has 140 valence electrons. The van der Waals surface area contributed by atoms with Crippen LogP contribution in [-0.4, -0.2) is 44.1 Å². The maximum atomic E-state index is 12.1. The lowest BCUT2D eigenvalue weighted by Gasteiger charge is -2.31. The van der Waals surface area contributed by atoms with E-state index in [-0.39, 0.29) is 24.0 Å². The number of carbonyl (C=O) groups excluding carboxylic acids is 1. The highest BCUT2D eigenvalue weighted by atomic mass is 35.5. The molecule has 0 spiro atoms. The van der Waals surface area contributed by atoms with Gasteiger partial charge in [-0.3, -0.25) is 14.9 Å². The van der Waals surface area contributed by atoms with E-state index in [1.54, 1.807) is 12.1 Å². The van der Waals surface area contributed by atoms with Gasteiger partial charge in [-0.2, -0.15) is 0 Å². The van der Waals surface area contributed by atoms with Gasteiger partial charge in [0.05, 0.1) is 4.92 Å². The normalized spacial score (nSPS) is 14.7. The number of halogens is 1. The molecule has 0 aliphatic carbocycles. The van der Waals surface area contributed by atoms with Gasteiger partial charge in [0.2, 0.25) is 0 Å². The zero-order valence-electron chi connectivity index (χ0n) is 14.8. The van der Waals surface area contributed by atoms with Gasteiger partial charge in [0, 0.05) is 31.3 Å². The number of nitrogens with zero attached hydrogens (tertiary/aromatic N) is 2. The van der Waals surface area contributed by atoms with Crippen molar-refractivity contribution in [2.45, 2.75) is 26.2 Å². The molecule has 1 aliphatic rings. The molecule has 0 atom stereocenters. The number of nitro benzene ring substituents is 1. The first-order valence-corrected chi connectivity index (χ1v) is 8.49. The van der Waals surface area contributed by atoms with Crippen LogP contribution >= 0.6 is 12.4 Å². The van der Waals surface area contributed by atoms with E-state index < -0.39 is 4.92 Å². The van der Waals surface area contributed by atoms with E-state index >= 15 is 0 Å². The Balaban J connectivity index is 0.00000312. The Morgan fingerprint density at radius 2 is 2.00 bits per heavy atom. The highest BCUT2D eigenvalue weighted by Crippen LogP contribution is 2.32. The van der Waals surface area contributed by atoms with Gasteiger partial charge in [-0.05, 0) is 50.9 Å². The molecule has 0 radical (unpaired) electrons. The summed E-state index contributed by atoms with van der Waals surface area (Å²) in [5, 5.41) is 17.2. The molecule has 8 heteroatoms. The molecule has 1 amide bonds. The number of nitro groups is 1. The largest absolute Gasteiger partial charge is 0.366 e. The van der Waals surface area contributed by atoms with Crippen molar-refractivity contribution in [1.82, 2.24) is 10.6 Å². The summed E-state index contributed by atoms with van der Waals surface area (Å²) in [6, 6.07) is 4.77. The van der Waals surface area contributed by atoms with Crippen LogP contribution in [0.5, 0.6) is 0 Å².